The highest BCUT2D eigenvalue weighted by molar-refractivity contribution is 7.91. The predicted molar refractivity (Wildman–Crippen MR) is 96.3 cm³/mol. The molecular formula is C16H25N5O3S. The van der Waals surface area contributed by atoms with Gasteiger partial charge >= 0.3 is 0 Å². The van der Waals surface area contributed by atoms with Crippen LogP contribution in [0.4, 0.5) is 11.6 Å². The molecule has 1 amide bonds. The molecule has 1 aromatic heterocycles. The Morgan fingerprint density at radius 2 is 1.96 bits per heavy atom. The van der Waals surface area contributed by atoms with Gasteiger partial charge in [0.05, 0.1) is 17.4 Å². The molecule has 2 fully saturated rings. The third kappa shape index (κ3) is 4.39. The van der Waals surface area contributed by atoms with Gasteiger partial charge in [0.2, 0.25) is 5.91 Å². The second-order valence-corrected chi connectivity index (χ2v) is 9.23. The Labute approximate surface area is 148 Å². The standard InChI is InChI=1S/C16H25N5O3S/c1-20(2)15-9-14(17-11-18-15)19-13-3-6-21(7-4-13)16(22)12-5-8-25(23,24)10-12/h9,11-13H,3-8,10H2,1-2H3,(H,17,18,19). The van der Waals surface area contributed by atoms with Gasteiger partial charge in [0, 0.05) is 39.3 Å². The van der Waals surface area contributed by atoms with Crippen LogP contribution in [-0.2, 0) is 14.6 Å². The third-order valence-electron chi connectivity index (χ3n) is 4.85. The molecule has 138 valence electrons. The van der Waals surface area contributed by atoms with Crippen LogP contribution in [0.1, 0.15) is 19.3 Å². The first-order valence-corrected chi connectivity index (χ1v) is 10.4. The number of nitrogens with zero attached hydrogens (tertiary/aromatic N) is 4. The minimum absolute atomic E-state index is 0.00328. The van der Waals surface area contributed by atoms with E-state index in [0.29, 0.717) is 19.5 Å². The van der Waals surface area contributed by atoms with Gasteiger partial charge in [-0.25, -0.2) is 18.4 Å². The zero-order valence-electron chi connectivity index (χ0n) is 14.7. The average molecular weight is 367 g/mol. The number of rotatable bonds is 4. The summed E-state index contributed by atoms with van der Waals surface area (Å²) in [4.78, 5) is 24.7. The molecule has 1 unspecified atom stereocenters. The van der Waals surface area contributed by atoms with E-state index in [9.17, 15) is 13.2 Å². The van der Waals surface area contributed by atoms with Gasteiger partial charge in [0.1, 0.15) is 18.0 Å². The number of hydrogen-bond acceptors (Lipinski definition) is 7. The number of nitrogens with one attached hydrogen (secondary N) is 1. The number of anilines is 2. The van der Waals surface area contributed by atoms with Crippen molar-refractivity contribution in [1.82, 2.24) is 14.9 Å². The number of aromatic nitrogens is 2. The Bertz CT molecular complexity index is 729. The molecule has 0 aliphatic carbocycles. The van der Waals surface area contributed by atoms with Crippen molar-refractivity contribution < 1.29 is 13.2 Å². The fourth-order valence-corrected chi connectivity index (χ4v) is 5.10. The maximum Gasteiger partial charge on any atom is 0.226 e. The van der Waals surface area contributed by atoms with Crippen molar-refractivity contribution in [1.29, 1.82) is 0 Å². The minimum Gasteiger partial charge on any atom is -0.367 e. The van der Waals surface area contributed by atoms with Gasteiger partial charge in [-0.3, -0.25) is 4.79 Å². The van der Waals surface area contributed by atoms with Crippen molar-refractivity contribution in [2.75, 3.05) is 48.9 Å². The maximum atomic E-state index is 12.5. The Kier molecular flexibility index (Phi) is 5.12. The molecular weight excluding hydrogens is 342 g/mol. The van der Waals surface area contributed by atoms with Gasteiger partial charge in [-0.05, 0) is 19.3 Å². The molecule has 0 aromatic carbocycles. The number of hydrogen-bond donors (Lipinski definition) is 1. The monoisotopic (exact) mass is 367 g/mol. The first kappa shape index (κ1) is 17.9. The van der Waals surface area contributed by atoms with Crippen molar-refractivity contribution in [3.05, 3.63) is 12.4 Å². The number of amides is 1. The molecule has 0 bridgehead atoms. The van der Waals surface area contributed by atoms with E-state index in [-0.39, 0.29) is 29.4 Å². The zero-order valence-corrected chi connectivity index (χ0v) is 15.5. The van der Waals surface area contributed by atoms with Gasteiger partial charge in [-0.1, -0.05) is 0 Å². The summed E-state index contributed by atoms with van der Waals surface area (Å²) in [5.41, 5.74) is 0. The number of piperidine rings is 1. The topological polar surface area (TPSA) is 95.5 Å². The van der Waals surface area contributed by atoms with Crippen molar-refractivity contribution in [2.24, 2.45) is 5.92 Å². The second kappa shape index (κ2) is 7.15. The van der Waals surface area contributed by atoms with Gasteiger partial charge in [0.25, 0.3) is 0 Å². The average Bonchev–Trinajstić information content (AvgIpc) is 2.95. The van der Waals surface area contributed by atoms with Crippen LogP contribution in [0, 0.1) is 5.92 Å². The molecule has 1 atom stereocenters. The molecule has 1 aromatic rings. The van der Waals surface area contributed by atoms with Crippen LogP contribution in [0.15, 0.2) is 12.4 Å². The summed E-state index contributed by atoms with van der Waals surface area (Å²) in [7, 11) is 0.840. The summed E-state index contributed by atoms with van der Waals surface area (Å²) < 4.78 is 23.1. The summed E-state index contributed by atoms with van der Waals surface area (Å²) in [6, 6.07) is 2.15. The fourth-order valence-electron chi connectivity index (χ4n) is 3.37. The molecule has 3 heterocycles. The summed E-state index contributed by atoms with van der Waals surface area (Å²) in [5.74, 6) is 1.43. The van der Waals surface area contributed by atoms with Gasteiger partial charge < -0.3 is 15.1 Å². The highest BCUT2D eigenvalue weighted by Gasteiger charge is 2.36. The van der Waals surface area contributed by atoms with Crippen molar-refractivity contribution in [2.45, 2.75) is 25.3 Å². The van der Waals surface area contributed by atoms with Gasteiger partial charge in [0.15, 0.2) is 9.84 Å². The van der Waals surface area contributed by atoms with E-state index in [1.54, 1.807) is 0 Å². The van der Waals surface area contributed by atoms with Crippen LogP contribution in [-0.4, -0.2) is 73.9 Å². The molecule has 2 saturated heterocycles. The molecule has 8 nitrogen and oxygen atoms in total. The molecule has 3 rings (SSSR count). The number of carbonyl (C=O) groups is 1. The fraction of sp³-hybridized carbons (Fsp3) is 0.688. The van der Waals surface area contributed by atoms with E-state index in [4.69, 9.17) is 0 Å². The lowest BCUT2D eigenvalue weighted by Crippen LogP contribution is -2.45. The SMILES string of the molecule is CN(C)c1cc(NC2CCN(C(=O)C3CCS(=O)(=O)C3)CC2)ncn1. The van der Waals surface area contributed by atoms with E-state index in [2.05, 4.69) is 15.3 Å². The zero-order chi connectivity index (χ0) is 18.0. The van der Waals surface area contributed by atoms with Crippen LogP contribution in [0.25, 0.3) is 0 Å². The normalized spacial score (nSPS) is 23.4. The van der Waals surface area contributed by atoms with Crippen LogP contribution >= 0.6 is 0 Å². The van der Waals surface area contributed by atoms with Crippen LogP contribution in [0.2, 0.25) is 0 Å². The van der Waals surface area contributed by atoms with E-state index in [1.807, 2.05) is 30.0 Å². The maximum absolute atomic E-state index is 12.5. The second-order valence-electron chi connectivity index (χ2n) is 7.00. The summed E-state index contributed by atoms with van der Waals surface area (Å²) in [5, 5.41) is 3.41. The van der Waals surface area contributed by atoms with Crippen molar-refractivity contribution >= 4 is 27.4 Å². The lowest BCUT2D eigenvalue weighted by molar-refractivity contribution is -0.135. The minimum atomic E-state index is -3.02. The largest absolute Gasteiger partial charge is 0.367 e. The van der Waals surface area contributed by atoms with Gasteiger partial charge in [-0.15, -0.1) is 0 Å². The molecule has 9 heteroatoms. The van der Waals surface area contributed by atoms with Crippen molar-refractivity contribution in [3.63, 3.8) is 0 Å². The quantitative estimate of drug-likeness (QED) is 0.822. The molecule has 0 spiro atoms. The van der Waals surface area contributed by atoms with E-state index < -0.39 is 9.84 Å². The molecule has 2 aliphatic rings. The van der Waals surface area contributed by atoms with Crippen LogP contribution < -0.4 is 10.2 Å². The van der Waals surface area contributed by atoms with Gasteiger partial charge in [-0.2, -0.15) is 0 Å². The summed E-state index contributed by atoms with van der Waals surface area (Å²) in [6.07, 6.45) is 3.66. The first-order valence-electron chi connectivity index (χ1n) is 8.59. The number of sulfone groups is 1. The smallest absolute Gasteiger partial charge is 0.226 e. The number of carbonyl (C=O) groups excluding carboxylic acids is 1. The Morgan fingerprint density at radius 1 is 1.24 bits per heavy atom. The Morgan fingerprint density at radius 3 is 2.56 bits per heavy atom. The summed E-state index contributed by atoms with van der Waals surface area (Å²) in [6.45, 7) is 1.30. The van der Waals surface area contributed by atoms with Crippen LogP contribution in [0.5, 0.6) is 0 Å². The van der Waals surface area contributed by atoms with Crippen molar-refractivity contribution in [3.8, 4) is 0 Å². The molecule has 25 heavy (non-hydrogen) atoms. The Hall–Kier alpha value is -1.90. The van der Waals surface area contributed by atoms with E-state index in [0.717, 1.165) is 24.5 Å². The third-order valence-corrected chi connectivity index (χ3v) is 6.62. The molecule has 1 N–H and O–H groups in total. The highest BCUT2D eigenvalue weighted by Crippen LogP contribution is 2.24. The van der Waals surface area contributed by atoms with Crippen LogP contribution in [0.3, 0.4) is 0 Å². The predicted octanol–water partition coefficient (Wildman–Crippen LogP) is 0.380. The Balaban J connectivity index is 1.52. The first-order chi connectivity index (χ1) is 11.8. The lowest BCUT2D eigenvalue weighted by atomic mass is 10.0. The lowest BCUT2D eigenvalue weighted by Gasteiger charge is -2.34. The molecule has 2 aliphatic heterocycles. The molecule has 0 radical (unpaired) electrons. The van der Waals surface area contributed by atoms with E-state index >= 15 is 0 Å². The van der Waals surface area contributed by atoms with E-state index in [1.165, 1.54) is 6.33 Å². The number of likely N-dealkylation sites (tertiary alicyclic amines) is 1. The highest BCUT2D eigenvalue weighted by atomic mass is 32.2. The summed E-state index contributed by atoms with van der Waals surface area (Å²) >= 11 is 0. The molecule has 0 saturated carbocycles.